The second-order valence-electron chi connectivity index (χ2n) is 5.21. The van der Waals surface area contributed by atoms with Crippen LogP contribution in [0.4, 0.5) is 11.4 Å². The predicted octanol–water partition coefficient (Wildman–Crippen LogP) is 4.04. The highest BCUT2D eigenvalue weighted by Gasteiger charge is 2.13. The fourth-order valence-electron chi connectivity index (χ4n) is 2.08. The number of anilines is 1. The highest BCUT2D eigenvalue weighted by atomic mass is 16.1. The molecule has 4 heteroatoms. The molecule has 1 aliphatic heterocycles. The Balaban J connectivity index is 0.000000240. The zero-order chi connectivity index (χ0) is 15.5. The first kappa shape index (κ1) is 17.2. The zero-order valence-electron chi connectivity index (χ0n) is 13.2. The summed E-state index contributed by atoms with van der Waals surface area (Å²) in [5.74, 6) is -0.470. The first-order valence-corrected chi connectivity index (χ1v) is 7.89. The van der Waals surface area contributed by atoms with Crippen LogP contribution >= 0.6 is 0 Å². The van der Waals surface area contributed by atoms with Gasteiger partial charge in [-0.25, -0.2) is 4.99 Å². The number of amides is 1. The lowest BCUT2D eigenvalue weighted by Gasteiger charge is -2.14. The van der Waals surface area contributed by atoms with E-state index in [1.165, 1.54) is 38.5 Å². The van der Waals surface area contributed by atoms with Gasteiger partial charge in [0.15, 0.2) is 0 Å². The quantitative estimate of drug-likeness (QED) is 0.776. The lowest BCUT2D eigenvalue weighted by molar-refractivity contribution is -0.112. The summed E-state index contributed by atoms with van der Waals surface area (Å²) < 4.78 is 0. The molecule has 4 nitrogen and oxygen atoms in total. The first-order valence-electron chi connectivity index (χ1n) is 7.89. The van der Waals surface area contributed by atoms with Gasteiger partial charge in [0.05, 0.1) is 17.9 Å². The second kappa shape index (κ2) is 9.97. The molecule has 21 heavy (non-hydrogen) atoms. The average Bonchev–Trinajstić information content (AvgIpc) is 2.52. The van der Waals surface area contributed by atoms with E-state index in [0.29, 0.717) is 12.3 Å². The Morgan fingerprint density at radius 3 is 2.33 bits per heavy atom. The summed E-state index contributed by atoms with van der Waals surface area (Å²) in [7, 11) is 0. The van der Waals surface area contributed by atoms with Crippen LogP contribution in [-0.2, 0) is 4.79 Å². The van der Waals surface area contributed by atoms with E-state index in [9.17, 15) is 4.79 Å². The molecule has 1 amide bonds. The molecule has 116 valence electrons. The van der Waals surface area contributed by atoms with Crippen molar-refractivity contribution < 1.29 is 4.79 Å². The fourth-order valence-corrected chi connectivity index (χ4v) is 2.08. The van der Waals surface area contributed by atoms with Gasteiger partial charge >= 0.3 is 0 Å². The van der Waals surface area contributed by atoms with E-state index in [-0.39, 0.29) is 0 Å². The number of unbranched alkanes of at least 4 members (excludes halogenated alkanes) is 5. The molecule has 0 atom stereocenters. The Labute approximate surface area is 127 Å². The van der Waals surface area contributed by atoms with Crippen molar-refractivity contribution in [3.05, 3.63) is 24.3 Å². The van der Waals surface area contributed by atoms with Crippen LogP contribution in [0.2, 0.25) is 0 Å². The molecule has 0 aromatic heterocycles. The van der Waals surface area contributed by atoms with Crippen molar-refractivity contribution in [1.82, 2.24) is 0 Å². The van der Waals surface area contributed by atoms with Crippen molar-refractivity contribution in [2.45, 2.75) is 52.4 Å². The molecular weight excluding hydrogens is 262 g/mol. The standard InChI is InChI=1S/C9H9N3O.C8H18/c10-9(13)8-5-11-6-3-1-2-4-7(6)12-8;1-3-5-7-8-6-4-2/h1-4,11H,5H2,(H2,10,13);3-8H2,1-2H3. The number of fused-ring (bicyclic) bond motifs is 1. The van der Waals surface area contributed by atoms with Gasteiger partial charge in [-0.1, -0.05) is 64.5 Å². The van der Waals surface area contributed by atoms with E-state index < -0.39 is 5.91 Å². The van der Waals surface area contributed by atoms with Gasteiger partial charge in [-0.3, -0.25) is 4.79 Å². The largest absolute Gasteiger partial charge is 0.377 e. The SMILES string of the molecule is CCCCCCCC.NC(=O)C1=Nc2ccccc2NC1. The van der Waals surface area contributed by atoms with E-state index in [1.54, 1.807) is 0 Å². The number of nitrogens with zero attached hydrogens (tertiary/aromatic N) is 1. The third-order valence-corrected chi connectivity index (χ3v) is 3.35. The van der Waals surface area contributed by atoms with Crippen LogP contribution in [0.5, 0.6) is 0 Å². The van der Waals surface area contributed by atoms with Gasteiger partial charge in [-0.15, -0.1) is 0 Å². The van der Waals surface area contributed by atoms with Crippen LogP contribution in [0, 0.1) is 0 Å². The number of carbonyl (C=O) groups excluding carboxylic acids is 1. The van der Waals surface area contributed by atoms with E-state index in [1.807, 2.05) is 24.3 Å². The van der Waals surface area contributed by atoms with Crippen molar-refractivity contribution in [3.8, 4) is 0 Å². The number of hydrogen-bond donors (Lipinski definition) is 2. The van der Waals surface area contributed by atoms with Crippen molar-refractivity contribution in [2.24, 2.45) is 10.7 Å². The molecule has 1 aliphatic rings. The molecule has 0 saturated carbocycles. The van der Waals surface area contributed by atoms with Gasteiger partial charge in [-0.2, -0.15) is 0 Å². The fraction of sp³-hybridized carbons (Fsp3) is 0.529. The third-order valence-electron chi connectivity index (χ3n) is 3.35. The maximum atomic E-state index is 10.8. The van der Waals surface area contributed by atoms with Gasteiger partial charge in [0, 0.05) is 0 Å². The van der Waals surface area contributed by atoms with Gasteiger partial charge < -0.3 is 11.1 Å². The zero-order valence-corrected chi connectivity index (χ0v) is 13.2. The normalized spacial score (nSPS) is 12.4. The van der Waals surface area contributed by atoms with Crippen molar-refractivity contribution in [3.63, 3.8) is 0 Å². The van der Waals surface area contributed by atoms with Gasteiger partial charge in [0.1, 0.15) is 5.71 Å². The number of primary amides is 1. The van der Waals surface area contributed by atoms with E-state index >= 15 is 0 Å². The Hall–Kier alpha value is -1.84. The number of para-hydroxylation sites is 2. The number of rotatable bonds is 6. The smallest absolute Gasteiger partial charge is 0.264 e. The summed E-state index contributed by atoms with van der Waals surface area (Å²) in [6.07, 6.45) is 8.49. The lowest BCUT2D eigenvalue weighted by atomic mass is 10.1. The van der Waals surface area contributed by atoms with E-state index in [4.69, 9.17) is 5.73 Å². The number of nitrogens with two attached hydrogens (primary N) is 1. The molecule has 0 aliphatic carbocycles. The molecule has 0 unspecified atom stereocenters. The Morgan fingerprint density at radius 2 is 1.76 bits per heavy atom. The lowest BCUT2D eigenvalue weighted by Crippen LogP contribution is -2.31. The highest BCUT2D eigenvalue weighted by molar-refractivity contribution is 6.40. The number of nitrogens with one attached hydrogen (secondary N) is 1. The van der Waals surface area contributed by atoms with Crippen LogP contribution in [-0.4, -0.2) is 18.2 Å². The molecule has 2 rings (SSSR count). The van der Waals surface area contributed by atoms with Crippen LogP contribution in [0.3, 0.4) is 0 Å². The molecular formula is C17H27N3O. The molecule has 1 aromatic rings. The predicted molar refractivity (Wildman–Crippen MR) is 90.3 cm³/mol. The molecule has 3 N–H and O–H groups in total. The molecule has 1 aromatic carbocycles. The third kappa shape index (κ3) is 6.43. The first-order chi connectivity index (χ1) is 10.2. The van der Waals surface area contributed by atoms with Crippen LogP contribution in [0.15, 0.2) is 29.3 Å². The van der Waals surface area contributed by atoms with Gasteiger partial charge in [0.2, 0.25) is 0 Å². The van der Waals surface area contributed by atoms with Crippen LogP contribution in [0.1, 0.15) is 52.4 Å². The maximum Gasteiger partial charge on any atom is 0.264 e. The minimum absolute atomic E-state index is 0.374. The summed E-state index contributed by atoms with van der Waals surface area (Å²) in [4.78, 5) is 14.9. The van der Waals surface area contributed by atoms with Gasteiger partial charge in [0.25, 0.3) is 5.91 Å². The number of aliphatic imine (C=N–C) groups is 1. The topological polar surface area (TPSA) is 67.5 Å². The number of carbonyl (C=O) groups is 1. The molecule has 0 saturated heterocycles. The van der Waals surface area contributed by atoms with Crippen molar-refractivity contribution in [1.29, 1.82) is 0 Å². The molecule has 0 fully saturated rings. The molecule has 1 heterocycles. The summed E-state index contributed by atoms with van der Waals surface area (Å²) in [5, 5.41) is 3.06. The summed E-state index contributed by atoms with van der Waals surface area (Å²) >= 11 is 0. The number of benzene rings is 1. The summed E-state index contributed by atoms with van der Waals surface area (Å²) in [6, 6.07) is 7.53. The van der Waals surface area contributed by atoms with Crippen molar-refractivity contribution in [2.75, 3.05) is 11.9 Å². The van der Waals surface area contributed by atoms with Crippen molar-refractivity contribution >= 4 is 23.0 Å². The Morgan fingerprint density at radius 1 is 1.14 bits per heavy atom. The maximum absolute atomic E-state index is 10.8. The van der Waals surface area contributed by atoms with Crippen LogP contribution in [0.25, 0.3) is 0 Å². The minimum atomic E-state index is -0.470. The van der Waals surface area contributed by atoms with E-state index in [2.05, 4.69) is 24.2 Å². The Kier molecular flexibility index (Phi) is 8.17. The summed E-state index contributed by atoms with van der Waals surface area (Å²) in [5.41, 5.74) is 7.19. The van der Waals surface area contributed by atoms with E-state index in [0.717, 1.165) is 11.4 Å². The average molecular weight is 289 g/mol. The second-order valence-corrected chi connectivity index (χ2v) is 5.21. The number of hydrogen-bond acceptors (Lipinski definition) is 3. The van der Waals surface area contributed by atoms with Gasteiger partial charge in [-0.05, 0) is 12.1 Å². The molecule has 0 spiro atoms. The highest BCUT2D eigenvalue weighted by Crippen LogP contribution is 2.26. The minimum Gasteiger partial charge on any atom is -0.377 e. The molecule has 0 bridgehead atoms. The van der Waals surface area contributed by atoms with Crippen LogP contribution < -0.4 is 11.1 Å². The summed E-state index contributed by atoms with van der Waals surface area (Å²) in [6.45, 7) is 4.92. The molecule has 0 radical (unpaired) electrons. The Bertz CT molecular complexity index is 463. The monoisotopic (exact) mass is 289 g/mol.